The summed E-state index contributed by atoms with van der Waals surface area (Å²) in [7, 11) is 2.06. The van der Waals surface area contributed by atoms with Gasteiger partial charge in [0.05, 0.1) is 29.0 Å². The van der Waals surface area contributed by atoms with E-state index in [1.165, 1.54) is 0 Å². The number of para-hydroxylation sites is 2. The average molecular weight is 336 g/mol. The predicted molar refractivity (Wildman–Crippen MR) is 95.8 cm³/mol. The Labute approximate surface area is 145 Å². The fourth-order valence-electron chi connectivity index (χ4n) is 3.79. The molecule has 1 amide bonds. The highest BCUT2D eigenvalue weighted by atomic mass is 16.2. The van der Waals surface area contributed by atoms with Crippen LogP contribution in [0.15, 0.2) is 36.7 Å². The first-order valence-electron chi connectivity index (χ1n) is 8.71. The van der Waals surface area contributed by atoms with Crippen LogP contribution in [-0.2, 0) is 11.8 Å². The summed E-state index contributed by atoms with van der Waals surface area (Å²) >= 11 is 0. The Bertz CT molecular complexity index is 952. The van der Waals surface area contributed by atoms with Gasteiger partial charge in [0.15, 0.2) is 0 Å². The summed E-state index contributed by atoms with van der Waals surface area (Å²) in [6, 6.07) is 8.52. The van der Waals surface area contributed by atoms with E-state index in [0.29, 0.717) is 12.5 Å². The van der Waals surface area contributed by atoms with Crippen molar-refractivity contribution in [1.29, 1.82) is 0 Å². The van der Waals surface area contributed by atoms with Gasteiger partial charge in [-0.3, -0.25) is 9.48 Å². The van der Waals surface area contributed by atoms with E-state index in [1.807, 2.05) is 34.0 Å². The molecule has 2 saturated heterocycles. The zero-order chi connectivity index (χ0) is 17.0. The molecule has 2 aromatic heterocycles. The van der Waals surface area contributed by atoms with E-state index in [1.54, 1.807) is 6.20 Å². The molecule has 0 N–H and O–H groups in total. The number of carbonyl (C=O) groups excluding carboxylic acids is 1. The molecule has 1 aromatic carbocycles. The lowest BCUT2D eigenvalue weighted by Gasteiger charge is -2.39. The van der Waals surface area contributed by atoms with E-state index < -0.39 is 0 Å². The molecule has 5 rings (SSSR count). The molecule has 2 aliphatic rings. The summed E-state index contributed by atoms with van der Waals surface area (Å²) in [5, 5.41) is 4.48. The van der Waals surface area contributed by atoms with Crippen molar-refractivity contribution >= 4 is 28.6 Å². The van der Waals surface area contributed by atoms with Crippen LogP contribution in [0.2, 0.25) is 0 Å². The van der Waals surface area contributed by atoms with Crippen molar-refractivity contribution in [3.05, 3.63) is 36.7 Å². The van der Waals surface area contributed by atoms with Gasteiger partial charge in [-0.25, -0.2) is 4.98 Å². The van der Waals surface area contributed by atoms with Crippen molar-refractivity contribution < 1.29 is 4.79 Å². The number of benzene rings is 1. The molecule has 0 spiro atoms. The standard InChI is InChI=1S/C18H20N6O/c1-21-16-6-3-2-5-15(16)20-18(21)22-10-14(11-22)24-12-13(9-19-24)23-8-4-7-17(23)25/h2-3,5-6,9,12,14H,4,7-8,10-11H2,1H3. The third kappa shape index (κ3) is 2.22. The lowest BCUT2D eigenvalue weighted by Crippen LogP contribution is -2.49. The summed E-state index contributed by atoms with van der Waals surface area (Å²) in [5.74, 6) is 1.20. The largest absolute Gasteiger partial charge is 0.338 e. The highest BCUT2D eigenvalue weighted by Crippen LogP contribution is 2.30. The summed E-state index contributed by atoms with van der Waals surface area (Å²) in [6.07, 6.45) is 5.39. The SMILES string of the molecule is Cn1c(N2CC(n3cc(N4CCCC4=O)cn3)C2)nc2ccccc21. The minimum Gasteiger partial charge on any atom is -0.338 e. The summed E-state index contributed by atoms with van der Waals surface area (Å²) in [5.41, 5.74) is 3.09. The first kappa shape index (κ1) is 14.5. The molecule has 4 heterocycles. The average Bonchev–Trinajstić information content (AvgIpc) is 3.27. The van der Waals surface area contributed by atoms with Gasteiger partial charge in [0, 0.05) is 39.3 Å². The van der Waals surface area contributed by atoms with E-state index in [0.717, 1.165) is 48.7 Å². The second-order valence-electron chi connectivity index (χ2n) is 6.85. The Balaban J connectivity index is 1.32. The van der Waals surface area contributed by atoms with Crippen LogP contribution in [0.1, 0.15) is 18.9 Å². The number of aromatic nitrogens is 4. The van der Waals surface area contributed by atoms with E-state index in [-0.39, 0.29) is 5.91 Å². The van der Waals surface area contributed by atoms with Crippen LogP contribution < -0.4 is 9.80 Å². The molecule has 2 fully saturated rings. The maximum Gasteiger partial charge on any atom is 0.227 e. The van der Waals surface area contributed by atoms with Gasteiger partial charge in [-0.15, -0.1) is 0 Å². The van der Waals surface area contributed by atoms with Crippen molar-refractivity contribution in [2.24, 2.45) is 7.05 Å². The van der Waals surface area contributed by atoms with Crippen molar-refractivity contribution in [1.82, 2.24) is 19.3 Å². The number of amides is 1. The molecule has 0 bridgehead atoms. The normalized spacial score (nSPS) is 18.4. The molecule has 3 aromatic rings. The molecule has 0 saturated carbocycles. The Morgan fingerprint density at radius 2 is 2.04 bits per heavy atom. The van der Waals surface area contributed by atoms with E-state index >= 15 is 0 Å². The Morgan fingerprint density at radius 1 is 1.20 bits per heavy atom. The number of hydrogen-bond acceptors (Lipinski definition) is 4. The van der Waals surface area contributed by atoms with Gasteiger partial charge in [0.2, 0.25) is 11.9 Å². The zero-order valence-electron chi connectivity index (χ0n) is 14.2. The molecule has 0 radical (unpaired) electrons. The summed E-state index contributed by atoms with van der Waals surface area (Å²) in [4.78, 5) is 20.7. The van der Waals surface area contributed by atoms with Gasteiger partial charge in [0.25, 0.3) is 0 Å². The molecule has 0 atom stereocenters. The number of nitrogens with zero attached hydrogens (tertiary/aromatic N) is 6. The molecule has 2 aliphatic heterocycles. The van der Waals surface area contributed by atoms with Crippen molar-refractivity contribution in [3.8, 4) is 0 Å². The number of anilines is 2. The smallest absolute Gasteiger partial charge is 0.227 e. The summed E-state index contributed by atoms with van der Waals surface area (Å²) in [6.45, 7) is 2.57. The Morgan fingerprint density at radius 3 is 2.80 bits per heavy atom. The van der Waals surface area contributed by atoms with E-state index in [9.17, 15) is 4.79 Å². The van der Waals surface area contributed by atoms with Crippen LogP contribution in [0.3, 0.4) is 0 Å². The van der Waals surface area contributed by atoms with Gasteiger partial charge >= 0.3 is 0 Å². The van der Waals surface area contributed by atoms with Crippen molar-refractivity contribution in [2.75, 3.05) is 29.4 Å². The molecule has 25 heavy (non-hydrogen) atoms. The molecule has 7 heteroatoms. The first-order valence-corrected chi connectivity index (χ1v) is 8.71. The fraction of sp³-hybridized carbons (Fsp3) is 0.389. The second kappa shape index (κ2) is 5.34. The zero-order valence-corrected chi connectivity index (χ0v) is 14.2. The highest BCUT2D eigenvalue weighted by molar-refractivity contribution is 5.95. The van der Waals surface area contributed by atoms with Crippen LogP contribution in [0.25, 0.3) is 11.0 Å². The second-order valence-corrected chi connectivity index (χ2v) is 6.85. The predicted octanol–water partition coefficient (Wildman–Crippen LogP) is 1.96. The minimum atomic E-state index is 0.203. The molecule has 0 unspecified atom stereocenters. The number of fused-ring (bicyclic) bond motifs is 1. The van der Waals surface area contributed by atoms with Gasteiger partial charge in [-0.1, -0.05) is 12.1 Å². The molecule has 7 nitrogen and oxygen atoms in total. The fourth-order valence-corrected chi connectivity index (χ4v) is 3.79. The quantitative estimate of drug-likeness (QED) is 0.734. The van der Waals surface area contributed by atoms with Crippen molar-refractivity contribution in [3.63, 3.8) is 0 Å². The number of aryl methyl sites for hydroxylation is 1. The highest BCUT2D eigenvalue weighted by Gasteiger charge is 2.32. The first-order chi connectivity index (χ1) is 12.2. The van der Waals surface area contributed by atoms with Crippen LogP contribution in [-0.4, -0.2) is 44.9 Å². The number of rotatable bonds is 3. The third-order valence-corrected chi connectivity index (χ3v) is 5.26. The van der Waals surface area contributed by atoms with Gasteiger partial charge in [0.1, 0.15) is 0 Å². The van der Waals surface area contributed by atoms with Gasteiger partial charge in [-0.05, 0) is 18.6 Å². The molecular weight excluding hydrogens is 316 g/mol. The minimum absolute atomic E-state index is 0.203. The van der Waals surface area contributed by atoms with Crippen LogP contribution in [0.5, 0.6) is 0 Å². The molecule has 128 valence electrons. The van der Waals surface area contributed by atoms with E-state index in [2.05, 4.69) is 27.7 Å². The summed E-state index contributed by atoms with van der Waals surface area (Å²) < 4.78 is 4.13. The van der Waals surface area contributed by atoms with Crippen molar-refractivity contribution in [2.45, 2.75) is 18.9 Å². The van der Waals surface area contributed by atoms with E-state index in [4.69, 9.17) is 4.98 Å². The number of hydrogen-bond donors (Lipinski definition) is 0. The number of carbonyl (C=O) groups is 1. The lowest BCUT2D eigenvalue weighted by atomic mass is 10.1. The monoisotopic (exact) mass is 336 g/mol. The van der Waals surface area contributed by atoms with Gasteiger partial charge in [-0.2, -0.15) is 5.10 Å². The van der Waals surface area contributed by atoms with Gasteiger partial charge < -0.3 is 14.4 Å². The Kier molecular flexibility index (Phi) is 3.10. The lowest BCUT2D eigenvalue weighted by molar-refractivity contribution is -0.117. The maximum atomic E-state index is 11.9. The molecular formula is C18H20N6O. The number of imidazole rings is 1. The van der Waals surface area contributed by atoms with Crippen LogP contribution in [0.4, 0.5) is 11.6 Å². The Hall–Kier alpha value is -2.83. The molecule has 0 aliphatic carbocycles. The topological polar surface area (TPSA) is 59.2 Å². The van der Waals surface area contributed by atoms with Crippen LogP contribution in [0, 0.1) is 0 Å². The van der Waals surface area contributed by atoms with Crippen LogP contribution >= 0.6 is 0 Å². The maximum absolute atomic E-state index is 11.9. The third-order valence-electron chi connectivity index (χ3n) is 5.26.